The molecule has 6 heteroatoms. The summed E-state index contributed by atoms with van der Waals surface area (Å²) in [5, 5.41) is 7.49. The molecular weight excluding hydrogens is 334 g/mol. The summed E-state index contributed by atoms with van der Waals surface area (Å²) in [6, 6.07) is 11.0. The average molecular weight is 357 g/mol. The van der Waals surface area contributed by atoms with Crippen molar-refractivity contribution in [3.63, 3.8) is 0 Å². The Balaban J connectivity index is 2.12. The zero-order chi connectivity index (χ0) is 18.2. The number of carbonyl (C=O) groups excluding carboxylic acids is 2. The minimum absolute atomic E-state index is 0.242. The first-order chi connectivity index (χ1) is 12.0. The van der Waals surface area contributed by atoms with Crippen molar-refractivity contribution in [1.29, 1.82) is 0 Å². The van der Waals surface area contributed by atoms with Crippen LogP contribution in [0.25, 0.3) is 6.08 Å². The number of hydrogen-bond acceptors (Lipinski definition) is 4. The topological polar surface area (TPSA) is 61.4 Å². The van der Waals surface area contributed by atoms with Crippen LogP contribution in [0.5, 0.6) is 0 Å². The molecule has 0 fully saturated rings. The number of hydrogen-bond donors (Lipinski definition) is 2. The summed E-state index contributed by atoms with van der Waals surface area (Å²) in [5.74, 6) is -0.596. The van der Waals surface area contributed by atoms with Gasteiger partial charge in [-0.2, -0.15) is 0 Å². The Morgan fingerprint density at radius 3 is 2.48 bits per heavy atom. The Bertz CT molecular complexity index is 735. The summed E-state index contributed by atoms with van der Waals surface area (Å²) in [5.41, 5.74) is 1.84. The number of nitrogens with one attached hydrogen (secondary N) is 2. The van der Waals surface area contributed by atoms with Crippen LogP contribution in [0.15, 0.2) is 47.5 Å². The molecule has 2 amide bonds. The summed E-state index contributed by atoms with van der Waals surface area (Å²) in [6.07, 6.45) is 1.70. The highest BCUT2D eigenvalue weighted by Gasteiger charge is 2.14. The predicted molar refractivity (Wildman–Crippen MR) is 103 cm³/mol. The van der Waals surface area contributed by atoms with Crippen LogP contribution in [0.1, 0.15) is 20.8 Å². The lowest BCUT2D eigenvalue weighted by Gasteiger charge is -2.13. The van der Waals surface area contributed by atoms with Crippen LogP contribution in [0.3, 0.4) is 0 Å². The van der Waals surface area contributed by atoms with Gasteiger partial charge in [0.05, 0.1) is 0 Å². The fourth-order valence-corrected chi connectivity index (χ4v) is 2.72. The highest BCUT2D eigenvalue weighted by atomic mass is 32.1. The molecule has 0 aliphatic heterocycles. The van der Waals surface area contributed by atoms with E-state index in [1.165, 1.54) is 11.3 Å². The van der Waals surface area contributed by atoms with Crippen molar-refractivity contribution in [3.8, 4) is 0 Å². The first kappa shape index (κ1) is 18.9. The minimum Gasteiger partial charge on any atom is -0.349 e. The number of likely N-dealkylation sites (N-methyl/N-ethyl adjacent to an activating group) is 1. The van der Waals surface area contributed by atoms with E-state index in [0.29, 0.717) is 12.1 Å². The van der Waals surface area contributed by atoms with Crippen LogP contribution in [-0.4, -0.2) is 43.9 Å². The Hall–Kier alpha value is -2.44. The number of carbonyl (C=O) groups is 2. The maximum absolute atomic E-state index is 12.5. The van der Waals surface area contributed by atoms with E-state index >= 15 is 0 Å². The molecule has 2 N–H and O–H groups in total. The van der Waals surface area contributed by atoms with Gasteiger partial charge < -0.3 is 15.5 Å². The number of amides is 2. The van der Waals surface area contributed by atoms with Gasteiger partial charge in [-0.1, -0.05) is 23.8 Å². The Kier molecular flexibility index (Phi) is 6.91. The molecule has 0 radical (unpaired) electrons. The SMILES string of the molecule is Cc1ccc(C(=O)N/C(=C/c2cccs2)C(=O)NCCN(C)C)cc1. The maximum Gasteiger partial charge on any atom is 0.267 e. The molecular formula is C19H23N3O2S. The number of benzene rings is 1. The van der Waals surface area contributed by atoms with E-state index in [0.717, 1.165) is 17.0 Å². The maximum atomic E-state index is 12.5. The molecule has 0 saturated carbocycles. The standard InChI is InChI=1S/C19H23N3O2S/c1-14-6-8-15(9-7-14)18(23)21-17(13-16-5-4-12-25-16)19(24)20-10-11-22(2)3/h4-9,12-13H,10-11H2,1-3H3,(H,20,24)(H,21,23)/b17-13+. The van der Waals surface area contributed by atoms with E-state index in [1.807, 2.05) is 55.6 Å². The molecule has 2 rings (SSSR count). The highest BCUT2D eigenvalue weighted by molar-refractivity contribution is 7.10. The van der Waals surface area contributed by atoms with Crippen LogP contribution < -0.4 is 10.6 Å². The first-order valence-corrected chi connectivity index (χ1v) is 8.90. The largest absolute Gasteiger partial charge is 0.349 e. The van der Waals surface area contributed by atoms with E-state index < -0.39 is 0 Å². The zero-order valence-corrected chi connectivity index (χ0v) is 15.5. The zero-order valence-electron chi connectivity index (χ0n) is 14.7. The molecule has 2 aromatic rings. The van der Waals surface area contributed by atoms with Crippen LogP contribution in [0, 0.1) is 6.92 Å². The minimum atomic E-state index is -0.300. The van der Waals surface area contributed by atoms with E-state index in [2.05, 4.69) is 10.6 Å². The second kappa shape index (κ2) is 9.15. The van der Waals surface area contributed by atoms with Crippen LogP contribution in [-0.2, 0) is 4.79 Å². The van der Waals surface area contributed by atoms with Gasteiger partial charge in [-0.05, 0) is 50.7 Å². The van der Waals surface area contributed by atoms with Crippen molar-refractivity contribution < 1.29 is 9.59 Å². The lowest BCUT2D eigenvalue weighted by Crippen LogP contribution is -2.37. The second-order valence-electron chi connectivity index (χ2n) is 5.95. The number of thiophene rings is 1. The Morgan fingerprint density at radius 1 is 1.16 bits per heavy atom. The first-order valence-electron chi connectivity index (χ1n) is 8.02. The normalized spacial score (nSPS) is 11.4. The molecule has 25 heavy (non-hydrogen) atoms. The monoisotopic (exact) mass is 357 g/mol. The molecule has 132 valence electrons. The van der Waals surface area contributed by atoms with Crippen molar-refractivity contribution in [2.75, 3.05) is 27.2 Å². The molecule has 0 saturated heterocycles. The molecule has 0 spiro atoms. The summed E-state index contributed by atoms with van der Waals surface area (Å²) >= 11 is 1.51. The van der Waals surface area contributed by atoms with Gasteiger partial charge in [0.25, 0.3) is 11.8 Å². The Labute approximate surface area is 152 Å². The van der Waals surface area contributed by atoms with Crippen molar-refractivity contribution in [1.82, 2.24) is 15.5 Å². The second-order valence-corrected chi connectivity index (χ2v) is 6.93. The fourth-order valence-electron chi connectivity index (χ4n) is 2.06. The smallest absolute Gasteiger partial charge is 0.267 e. The average Bonchev–Trinajstić information content (AvgIpc) is 3.07. The summed E-state index contributed by atoms with van der Waals surface area (Å²) in [6.45, 7) is 3.19. The van der Waals surface area contributed by atoms with E-state index in [-0.39, 0.29) is 17.5 Å². The molecule has 0 bridgehead atoms. The molecule has 1 heterocycles. The summed E-state index contributed by atoms with van der Waals surface area (Å²) in [4.78, 5) is 27.8. The van der Waals surface area contributed by atoms with Gasteiger partial charge in [-0.3, -0.25) is 9.59 Å². The third kappa shape index (κ3) is 6.17. The number of nitrogens with zero attached hydrogens (tertiary/aromatic N) is 1. The van der Waals surface area contributed by atoms with Gasteiger partial charge in [0.1, 0.15) is 5.70 Å². The van der Waals surface area contributed by atoms with E-state index in [9.17, 15) is 9.59 Å². The van der Waals surface area contributed by atoms with Gasteiger partial charge in [0.2, 0.25) is 0 Å². The predicted octanol–water partition coefficient (Wildman–Crippen LogP) is 2.51. The molecule has 1 aromatic carbocycles. The third-order valence-corrected chi connectivity index (χ3v) is 4.30. The van der Waals surface area contributed by atoms with Crippen molar-refractivity contribution in [2.24, 2.45) is 0 Å². The van der Waals surface area contributed by atoms with E-state index in [4.69, 9.17) is 0 Å². The summed E-state index contributed by atoms with van der Waals surface area (Å²) < 4.78 is 0. The van der Waals surface area contributed by atoms with Crippen molar-refractivity contribution in [2.45, 2.75) is 6.92 Å². The third-order valence-electron chi connectivity index (χ3n) is 3.48. The van der Waals surface area contributed by atoms with Gasteiger partial charge in [0.15, 0.2) is 0 Å². The van der Waals surface area contributed by atoms with Gasteiger partial charge in [-0.15, -0.1) is 11.3 Å². The molecule has 0 unspecified atom stereocenters. The molecule has 5 nitrogen and oxygen atoms in total. The van der Waals surface area contributed by atoms with Gasteiger partial charge in [-0.25, -0.2) is 0 Å². The van der Waals surface area contributed by atoms with E-state index in [1.54, 1.807) is 18.2 Å². The van der Waals surface area contributed by atoms with Crippen molar-refractivity contribution >= 4 is 29.2 Å². The van der Waals surface area contributed by atoms with Crippen LogP contribution in [0.4, 0.5) is 0 Å². The lowest BCUT2D eigenvalue weighted by molar-refractivity contribution is -0.117. The van der Waals surface area contributed by atoms with Gasteiger partial charge >= 0.3 is 0 Å². The van der Waals surface area contributed by atoms with Crippen molar-refractivity contribution in [3.05, 3.63) is 63.5 Å². The quantitative estimate of drug-likeness (QED) is 0.749. The highest BCUT2D eigenvalue weighted by Crippen LogP contribution is 2.13. The summed E-state index contributed by atoms with van der Waals surface area (Å²) in [7, 11) is 3.88. The molecule has 1 aromatic heterocycles. The van der Waals surface area contributed by atoms with Crippen LogP contribution in [0.2, 0.25) is 0 Å². The lowest BCUT2D eigenvalue weighted by atomic mass is 10.1. The molecule has 0 atom stereocenters. The van der Waals surface area contributed by atoms with Gasteiger partial charge in [0, 0.05) is 23.5 Å². The molecule has 0 aliphatic carbocycles. The number of aryl methyl sites for hydroxylation is 1. The number of rotatable bonds is 7. The fraction of sp³-hybridized carbons (Fsp3) is 0.263. The van der Waals surface area contributed by atoms with Crippen LogP contribution >= 0.6 is 11.3 Å². The Morgan fingerprint density at radius 2 is 1.88 bits per heavy atom. The molecule has 0 aliphatic rings.